The molecule has 1 atom stereocenters. The highest BCUT2D eigenvalue weighted by Crippen LogP contribution is 2.26. The molecule has 0 bridgehead atoms. The van der Waals surface area contributed by atoms with Crippen molar-refractivity contribution < 1.29 is 0 Å². The third-order valence-corrected chi connectivity index (χ3v) is 4.20. The lowest BCUT2D eigenvalue weighted by molar-refractivity contribution is 0.730. The first-order valence-corrected chi connectivity index (χ1v) is 6.82. The minimum atomic E-state index is 0.0890. The Hall–Kier alpha value is -0.640. The van der Waals surface area contributed by atoms with Crippen molar-refractivity contribution >= 4 is 27.3 Å². The van der Waals surface area contributed by atoms with E-state index in [0.717, 1.165) is 6.42 Å². The molecule has 84 valence electrons. The quantitative estimate of drug-likeness (QED) is 0.908. The highest BCUT2D eigenvalue weighted by atomic mass is 79.9. The molecule has 2 N–H and O–H groups in total. The van der Waals surface area contributed by atoms with Gasteiger partial charge in [0.15, 0.2) is 0 Å². The maximum atomic E-state index is 6.18. The molecule has 1 heterocycles. The molecule has 2 rings (SSSR count). The van der Waals surface area contributed by atoms with Crippen molar-refractivity contribution in [3.8, 4) is 0 Å². The molecule has 1 aromatic heterocycles. The Kier molecular flexibility index (Phi) is 3.79. The Morgan fingerprint density at radius 2 is 1.88 bits per heavy atom. The molecule has 0 aliphatic rings. The second kappa shape index (κ2) is 5.13. The van der Waals surface area contributed by atoms with Gasteiger partial charge in [-0.1, -0.05) is 29.8 Å². The third-order valence-electron chi connectivity index (χ3n) is 2.56. The highest BCUT2D eigenvalue weighted by molar-refractivity contribution is 9.11. The number of rotatable bonds is 3. The summed E-state index contributed by atoms with van der Waals surface area (Å²) >= 11 is 5.22. The third kappa shape index (κ3) is 2.94. The summed E-state index contributed by atoms with van der Waals surface area (Å²) in [6.07, 6.45) is 0.902. The standard InChI is InChI=1S/C13H14BrNS/c1-9-2-4-10(5-3-9)12(15)8-11-6-7-13(14)16-11/h2-7,12H,8,15H2,1H3. The molecular formula is C13H14BrNS. The number of aryl methyl sites for hydroxylation is 1. The van der Waals surface area contributed by atoms with Crippen LogP contribution in [0.15, 0.2) is 40.2 Å². The zero-order valence-corrected chi connectivity index (χ0v) is 11.5. The average molecular weight is 296 g/mol. The van der Waals surface area contributed by atoms with Crippen LogP contribution in [0.2, 0.25) is 0 Å². The summed E-state index contributed by atoms with van der Waals surface area (Å²) in [7, 11) is 0. The summed E-state index contributed by atoms with van der Waals surface area (Å²) in [6, 6.07) is 12.7. The van der Waals surface area contributed by atoms with E-state index < -0.39 is 0 Å². The van der Waals surface area contributed by atoms with E-state index in [1.807, 2.05) is 0 Å². The predicted molar refractivity (Wildman–Crippen MR) is 73.8 cm³/mol. The van der Waals surface area contributed by atoms with Crippen molar-refractivity contribution in [3.63, 3.8) is 0 Å². The summed E-state index contributed by atoms with van der Waals surface area (Å²) in [5, 5.41) is 0. The second-order valence-corrected chi connectivity index (χ2v) is 6.47. The first kappa shape index (κ1) is 11.8. The normalized spacial score (nSPS) is 12.7. The minimum Gasteiger partial charge on any atom is -0.324 e. The smallest absolute Gasteiger partial charge is 0.0701 e. The fourth-order valence-electron chi connectivity index (χ4n) is 1.61. The van der Waals surface area contributed by atoms with Crippen LogP contribution in [0, 0.1) is 6.92 Å². The molecule has 0 aliphatic heterocycles. The van der Waals surface area contributed by atoms with Crippen LogP contribution in [0.4, 0.5) is 0 Å². The first-order chi connectivity index (χ1) is 7.65. The molecular weight excluding hydrogens is 282 g/mol. The van der Waals surface area contributed by atoms with Gasteiger partial charge in [0.25, 0.3) is 0 Å². The van der Waals surface area contributed by atoms with Gasteiger partial charge in [-0.05, 0) is 40.5 Å². The zero-order valence-electron chi connectivity index (χ0n) is 9.11. The summed E-state index contributed by atoms with van der Waals surface area (Å²) in [6.45, 7) is 2.09. The van der Waals surface area contributed by atoms with E-state index in [2.05, 4.69) is 59.3 Å². The van der Waals surface area contributed by atoms with Gasteiger partial charge < -0.3 is 5.73 Å². The van der Waals surface area contributed by atoms with Crippen LogP contribution in [0.5, 0.6) is 0 Å². The van der Waals surface area contributed by atoms with Crippen molar-refractivity contribution in [1.29, 1.82) is 0 Å². The van der Waals surface area contributed by atoms with Crippen LogP contribution < -0.4 is 5.73 Å². The minimum absolute atomic E-state index is 0.0890. The fourth-order valence-corrected chi connectivity index (χ4v) is 3.15. The van der Waals surface area contributed by atoms with Gasteiger partial charge in [0.05, 0.1) is 3.79 Å². The number of thiophene rings is 1. The number of nitrogens with two attached hydrogens (primary N) is 1. The van der Waals surface area contributed by atoms with E-state index in [9.17, 15) is 0 Å². The molecule has 2 aromatic rings. The van der Waals surface area contributed by atoms with E-state index in [1.165, 1.54) is 19.8 Å². The molecule has 1 nitrogen and oxygen atoms in total. The van der Waals surface area contributed by atoms with Gasteiger partial charge in [-0.25, -0.2) is 0 Å². The molecule has 0 radical (unpaired) electrons. The topological polar surface area (TPSA) is 26.0 Å². The number of halogens is 1. The van der Waals surface area contributed by atoms with E-state index in [0.29, 0.717) is 0 Å². The van der Waals surface area contributed by atoms with Crippen LogP contribution in [-0.4, -0.2) is 0 Å². The average Bonchev–Trinajstić information content (AvgIpc) is 2.65. The lowest BCUT2D eigenvalue weighted by Gasteiger charge is -2.10. The molecule has 0 saturated carbocycles. The molecule has 0 saturated heterocycles. The maximum absolute atomic E-state index is 6.18. The predicted octanol–water partition coefficient (Wildman–Crippen LogP) is 4.06. The molecule has 3 heteroatoms. The van der Waals surface area contributed by atoms with E-state index >= 15 is 0 Å². The summed E-state index contributed by atoms with van der Waals surface area (Å²) in [5.41, 5.74) is 8.65. The highest BCUT2D eigenvalue weighted by Gasteiger charge is 2.08. The largest absolute Gasteiger partial charge is 0.324 e. The van der Waals surface area contributed by atoms with Crippen molar-refractivity contribution in [2.45, 2.75) is 19.4 Å². The Morgan fingerprint density at radius 3 is 2.44 bits per heavy atom. The van der Waals surface area contributed by atoms with Crippen LogP contribution in [-0.2, 0) is 6.42 Å². The van der Waals surface area contributed by atoms with Crippen molar-refractivity contribution in [3.05, 3.63) is 56.2 Å². The lowest BCUT2D eigenvalue weighted by atomic mass is 10.0. The lowest BCUT2D eigenvalue weighted by Crippen LogP contribution is -2.12. The van der Waals surface area contributed by atoms with Crippen molar-refractivity contribution in [2.75, 3.05) is 0 Å². The monoisotopic (exact) mass is 295 g/mol. The molecule has 1 aromatic carbocycles. The van der Waals surface area contributed by atoms with Gasteiger partial charge in [0, 0.05) is 17.3 Å². The first-order valence-electron chi connectivity index (χ1n) is 5.21. The number of hydrogen-bond acceptors (Lipinski definition) is 2. The van der Waals surface area contributed by atoms with Crippen LogP contribution >= 0.6 is 27.3 Å². The van der Waals surface area contributed by atoms with E-state index in [-0.39, 0.29) is 6.04 Å². The van der Waals surface area contributed by atoms with Crippen molar-refractivity contribution in [1.82, 2.24) is 0 Å². The molecule has 1 unspecified atom stereocenters. The Balaban J connectivity index is 2.08. The SMILES string of the molecule is Cc1ccc(C(N)Cc2ccc(Br)s2)cc1. The fraction of sp³-hybridized carbons (Fsp3) is 0.231. The number of benzene rings is 1. The van der Waals surface area contributed by atoms with Gasteiger partial charge >= 0.3 is 0 Å². The number of hydrogen-bond donors (Lipinski definition) is 1. The Labute approximate surface area is 108 Å². The second-order valence-electron chi connectivity index (χ2n) is 3.93. The van der Waals surface area contributed by atoms with Gasteiger partial charge in [0.1, 0.15) is 0 Å². The Morgan fingerprint density at radius 1 is 1.19 bits per heavy atom. The molecule has 0 spiro atoms. The van der Waals surface area contributed by atoms with E-state index in [4.69, 9.17) is 5.73 Å². The summed E-state index contributed by atoms with van der Waals surface area (Å²) < 4.78 is 1.17. The van der Waals surface area contributed by atoms with Crippen molar-refractivity contribution in [2.24, 2.45) is 5.73 Å². The molecule has 0 aliphatic carbocycles. The van der Waals surface area contributed by atoms with Crippen LogP contribution in [0.25, 0.3) is 0 Å². The Bertz CT molecular complexity index is 461. The van der Waals surface area contributed by atoms with Gasteiger partial charge in [-0.2, -0.15) is 0 Å². The van der Waals surface area contributed by atoms with Crippen LogP contribution in [0.3, 0.4) is 0 Å². The summed E-state index contributed by atoms with van der Waals surface area (Å²) in [5.74, 6) is 0. The zero-order chi connectivity index (χ0) is 11.5. The summed E-state index contributed by atoms with van der Waals surface area (Å²) in [4.78, 5) is 1.32. The van der Waals surface area contributed by atoms with Gasteiger partial charge in [-0.15, -0.1) is 11.3 Å². The molecule has 0 amide bonds. The van der Waals surface area contributed by atoms with E-state index in [1.54, 1.807) is 11.3 Å². The van der Waals surface area contributed by atoms with Gasteiger partial charge in [-0.3, -0.25) is 0 Å². The molecule has 0 fully saturated rings. The maximum Gasteiger partial charge on any atom is 0.0701 e. The molecule has 16 heavy (non-hydrogen) atoms. The van der Waals surface area contributed by atoms with Crippen LogP contribution in [0.1, 0.15) is 22.0 Å². The van der Waals surface area contributed by atoms with Gasteiger partial charge in [0.2, 0.25) is 0 Å².